The minimum Gasteiger partial charge on any atom is -0.355 e. The van der Waals surface area contributed by atoms with Crippen LogP contribution in [0.3, 0.4) is 0 Å². The zero-order valence-corrected chi connectivity index (χ0v) is 20.0. The second-order valence-corrected chi connectivity index (χ2v) is 11.6. The lowest BCUT2D eigenvalue weighted by Crippen LogP contribution is -2.43. The first-order valence-electron chi connectivity index (χ1n) is 10.5. The molecule has 2 aliphatic rings. The molecule has 2 aliphatic heterocycles. The van der Waals surface area contributed by atoms with Crippen LogP contribution in [0.25, 0.3) is 0 Å². The Morgan fingerprint density at radius 3 is 2.76 bits per heavy atom. The molecule has 0 spiro atoms. The van der Waals surface area contributed by atoms with E-state index in [4.69, 9.17) is 0 Å². The fourth-order valence-corrected chi connectivity index (χ4v) is 6.88. The molecular formula is C22H21N5O3S3. The average molecular weight is 500 g/mol. The van der Waals surface area contributed by atoms with Crippen LogP contribution in [0.1, 0.15) is 24.0 Å². The van der Waals surface area contributed by atoms with E-state index in [0.717, 1.165) is 22.9 Å². The molecule has 0 aliphatic carbocycles. The predicted molar refractivity (Wildman–Crippen MR) is 129 cm³/mol. The molecular weight excluding hydrogens is 478 g/mol. The Morgan fingerprint density at radius 1 is 1.12 bits per heavy atom. The Balaban J connectivity index is 1.22. The van der Waals surface area contributed by atoms with E-state index >= 15 is 0 Å². The number of hydrogen-bond donors (Lipinski definition) is 1. The first-order valence-corrected chi connectivity index (χ1v) is 13.7. The van der Waals surface area contributed by atoms with Crippen LogP contribution in [0, 0.1) is 5.92 Å². The molecule has 1 amide bonds. The highest BCUT2D eigenvalue weighted by Gasteiger charge is 2.35. The summed E-state index contributed by atoms with van der Waals surface area (Å²) in [6, 6.07) is 16.9. The number of sulfonamides is 1. The first kappa shape index (κ1) is 22.1. The van der Waals surface area contributed by atoms with Gasteiger partial charge in [-0.25, -0.2) is 0 Å². The second-order valence-electron chi connectivity index (χ2n) is 7.81. The third-order valence-electron chi connectivity index (χ3n) is 5.55. The maximum absolute atomic E-state index is 12.9. The van der Waals surface area contributed by atoms with Crippen LogP contribution in [-0.4, -0.2) is 48.3 Å². The van der Waals surface area contributed by atoms with Gasteiger partial charge >= 0.3 is 0 Å². The maximum Gasteiger partial charge on any atom is 0.285 e. The second kappa shape index (κ2) is 9.24. The summed E-state index contributed by atoms with van der Waals surface area (Å²) >= 11 is 2.93. The maximum atomic E-state index is 12.9. The number of fused-ring (bicyclic) bond motifs is 1. The lowest BCUT2D eigenvalue weighted by atomic mass is 9.96. The molecule has 1 fully saturated rings. The Morgan fingerprint density at radius 2 is 1.91 bits per heavy atom. The van der Waals surface area contributed by atoms with E-state index in [1.54, 1.807) is 36.0 Å². The molecule has 3 aromatic rings. The number of thioether (sulfide) groups is 1. The molecule has 3 heterocycles. The van der Waals surface area contributed by atoms with Crippen molar-refractivity contribution in [1.29, 1.82) is 0 Å². The molecule has 2 aromatic carbocycles. The number of amides is 1. The fraction of sp³-hybridized carbons (Fsp3) is 0.273. The van der Waals surface area contributed by atoms with Crippen molar-refractivity contribution >= 4 is 50.0 Å². The van der Waals surface area contributed by atoms with Crippen molar-refractivity contribution in [1.82, 2.24) is 15.1 Å². The van der Waals surface area contributed by atoms with Gasteiger partial charge < -0.3 is 10.2 Å². The largest absolute Gasteiger partial charge is 0.355 e. The number of anilines is 1. The van der Waals surface area contributed by atoms with Crippen LogP contribution in [0.15, 0.2) is 68.2 Å². The molecule has 1 saturated heterocycles. The number of nitrogens with one attached hydrogen (secondary N) is 1. The van der Waals surface area contributed by atoms with E-state index in [9.17, 15) is 13.2 Å². The van der Waals surface area contributed by atoms with E-state index in [-0.39, 0.29) is 16.7 Å². The number of likely N-dealkylation sites (tertiary alicyclic amines) is 1. The lowest BCUT2D eigenvalue weighted by molar-refractivity contribution is -0.121. The zero-order chi connectivity index (χ0) is 22.8. The Labute approximate surface area is 200 Å². The van der Waals surface area contributed by atoms with Crippen LogP contribution >= 0.6 is 23.1 Å². The van der Waals surface area contributed by atoms with Gasteiger partial charge in [0.1, 0.15) is 4.90 Å². The molecule has 0 saturated carbocycles. The molecule has 0 radical (unpaired) electrons. The number of benzene rings is 2. The number of aromatic nitrogens is 2. The van der Waals surface area contributed by atoms with Crippen LogP contribution in [0.4, 0.5) is 5.13 Å². The topological polar surface area (TPSA) is 105 Å². The highest BCUT2D eigenvalue weighted by molar-refractivity contribution is 8.00. The molecule has 5 rings (SSSR count). The van der Waals surface area contributed by atoms with Gasteiger partial charge in [0, 0.05) is 24.4 Å². The Bertz CT molecular complexity index is 1310. The van der Waals surface area contributed by atoms with Crippen LogP contribution in [0.5, 0.6) is 0 Å². The number of amidine groups is 1. The van der Waals surface area contributed by atoms with E-state index in [2.05, 4.69) is 32.0 Å². The molecule has 1 N–H and O–H groups in total. The van der Waals surface area contributed by atoms with Crippen molar-refractivity contribution in [2.45, 2.75) is 27.8 Å². The highest BCUT2D eigenvalue weighted by Crippen LogP contribution is 2.31. The Hall–Kier alpha value is -2.76. The summed E-state index contributed by atoms with van der Waals surface area (Å²) in [4.78, 5) is 15.0. The number of carbonyl (C=O) groups is 1. The van der Waals surface area contributed by atoms with Gasteiger partial charge in [-0.2, -0.15) is 8.42 Å². The molecule has 11 heteroatoms. The van der Waals surface area contributed by atoms with E-state index < -0.39 is 10.0 Å². The third-order valence-corrected chi connectivity index (χ3v) is 8.91. The van der Waals surface area contributed by atoms with Gasteiger partial charge in [0.05, 0.1) is 5.92 Å². The van der Waals surface area contributed by atoms with Crippen molar-refractivity contribution in [3.63, 3.8) is 0 Å². The van der Waals surface area contributed by atoms with Gasteiger partial charge in [0.15, 0.2) is 10.2 Å². The summed E-state index contributed by atoms with van der Waals surface area (Å²) in [5, 5.41) is 11.6. The minimum absolute atomic E-state index is 0.134. The molecule has 8 nitrogen and oxygen atoms in total. The zero-order valence-electron chi connectivity index (χ0n) is 17.5. The van der Waals surface area contributed by atoms with Gasteiger partial charge in [-0.15, -0.1) is 14.6 Å². The number of hydrogen-bond acceptors (Lipinski definition) is 8. The molecule has 33 heavy (non-hydrogen) atoms. The van der Waals surface area contributed by atoms with Crippen molar-refractivity contribution in [2.24, 2.45) is 10.3 Å². The van der Waals surface area contributed by atoms with Gasteiger partial charge in [-0.1, -0.05) is 65.6 Å². The van der Waals surface area contributed by atoms with Crippen molar-refractivity contribution in [3.8, 4) is 0 Å². The lowest BCUT2D eigenvalue weighted by Gasteiger charge is -2.33. The number of piperidine rings is 1. The number of nitrogens with zero attached hydrogens (tertiary/aromatic N) is 4. The van der Waals surface area contributed by atoms with Gasteiger partial charge in [-0.3, -0.25) is 4.79 Å². The third kappa shape index (κ3) is 4.80. The average Bonchev–Trinajstić information content (AvgIpc) is 3.40. The smallest absolute Gasteiger partial charge is 0.285 e. The minimum atomic E-state index is -3.69. The molecule has 170 valence electrons. The summed E-state index contributed by atoms with van der Waals surface area (Å²) in [5.41, 5.74) is 1.80. The van der Waals surface area contributed by atoms with Gasteiger partial charge in [0.2, 0.25) is 11.0 Å². The fourth-order valence-electron chi connectivity index (χ4n) is 3.95. The Kier molecular flexibility index (Phi) is 6.17. The van der Waals surface area contributed by atoms with Crippen LogP contribution in [0.2, 0.25) is 0 Å². The van der Waals surface area contributed by atoms with Crippen molar-refractivity contribution in [2.75, 3.05) is 18.4 Å². The molecule has 1 aromatic heterocycles. The molecule has 1 atom stereocenters. The summed E-state index contributed by atoms with van der Waals surface area (Å²) in [7, 11) is -3.69. The standard InChI is InChI=1S/C22H21N5O3S3/c28-20(23-21-24-25-22(32-21)31-14-15-7-2-1-3-8-15)16-9-6-12-27(13-16)19-17-10-4-5-11-18(17)33(29,30)26-19/h1-5,7-8,10-11,16H,6,9,12-14H2,(H,23,24,28). The summed E-state index contributed by atoms with van der Waals surface area (Å²) in [5.74, 6) is 0.790. The van der Waals surface area contributed by atoms with E-state index in [1.165, 1.54) is 16.9 Å². The first-order chi connectivity index (χ1) is 16.0. The summed E-state index contributed by atoms with van der Waals surface area (Å²) in [6.07, 6.45) is 1.49. The summed E-state index contributed by atoms with van der Waals surface area (Å²) < 4.78 is 29.6. The van der Waals surface area contributed by atoms with Crippen molar-refractivity contribution in [3.05, 3.63) is 65.7 Å². The quantitative estimate of drug-likeness (QED) is 0.422. The summed E-state index contributed by atoms with van der Waals surface area (Å²) in [6.45, 7) is 1.06. The van der Waals surface area contributed by atoms with Gasteiger partial charge in [0.25, 0.3) is 10.0 Å². The normalized spacial score (nSPS) is 19.1. The molecule has 0 bridgehead atoms. The van der Waals surface area contributed by atoms with E-state index in [1.807, 2.05) is 23.1 Å². The molecule has 1 unspecified atom stereocenters. The highest BCUT2D eigenvalue weighted by atomic mass is 32.2. The predicted octanol–water partition coefficient (Wildman–Crippen LogP) is 3.63. The monoisotopic (exact) mass is 499 g/mol. The van der Waals surface area contributed by atoms with Crippen LogP contribution in [-0.2, 0) is 20.6 Å². The SMILES string of the molecule is O=C(Nc1nnc(SCc2ccccc2)s1)C1CCCN(C2=NS(=O)(=O)c3ccccc32)C1. The van der Waals surface area contributed by atoms with Crippen LogP contribution < -0.4 is 5.32 Å². The number of carbonyl (C=O) groups excluding carboxylic acids is 1. The van der Waals surface area contributed by atoms with Gasteiger partial charge in [-0.05, 0) is 30.5 Å². The van der Waals surface area contributed by atoms with E-state index in [0.29, 0.717) is 29.6 Å². The van der Waals surface area contributed by atoms with Crippen molar-refractivity contribution < 1.29 is 13.2 Å². The number of rotatable bonds is 5.